The lowest BCUT2D eigenvalue weighted by molar-refractivity contribution is -0.138. The molecule has 4 rings (SSSR count). The van der Waals surface area contributed by atoms with E-state index in [-0.39, 0.29) is 18.7 Å². The minimum atomic E-state index is -4.52. The Bertz CT molecular complexity index is 1390. The summed E-state index contributed by atoms with van der Waals surface area (Å²) in [5.74, 6) is -0.572. The molecule has 0 unspecified atom stereocenters. The van der Waals surface area contributed by atoms with Crippen molar-refractivity contribution in [3.05, 3.63) is 93.5 Å². The highest BCUT2D eigenvalue weighted by Gasteiger charge is 2.32. The van der Waals surface area contributed by atoms with Gasteiger partial charge in [0.2, 0.25) is 5.91 Å². The summed E-state index contributed by atoms with van der Waals surface area (Å²) >= 11 is 0. The summed E-state index contributed by atoms with van der Waals surface area (Å²) in [5.41, 5.74) is 1.78. The Morgan fingerprint density at radius 1 is 1.03 bits per heavy atom. The number of amides is 1. The Morgan fingerprint density at radius 2 is 1.73 bits per heavy atom. The van der Waals surface area contributed by atoms with E-state index in [1.165, 1.54) is 29.0 Å². The van der Waals surface area contributed by atoms with Crippen LogP contribution >= 0.6 is 0 Å². The number of benzene rings is 2. The summed E-state index contributed by atoms with van der Waals surface area (Å²) < 4.78 is 42.3. The van der Waals surface area contributed by atoms with E-state index < -0.39 is 23.2 Å². The zero-order valence-electron chi connectivity index (χ0n) is 18.0. The molecule has 9 heteroatoms. The van der Waals surface area contributed by atoms with Crippen molar-refractivity contribution in [2.75, 3.05) is 0 Å². The number of hydrogen-bond acceptors (Lipinski definition) is 3. The standard InChI is InChI=1S/C24H21F3N4O2/c1-15-7-9-18(10-8-15)31-20-11-12-30(23(33)22(20)16(2)29-31)14-21(32)28-13-17-5-3-4-6-19(17)24(25,26)27/h3-12H,13-14H2,1-2H3,(H,28,32). The average molecular weight is 454 g/mol. The third-order valence-electron chi connectivity index (χ3n) is 5.37. The van der Waals surface area contributed by atoms with Gasteiger partial charge >= 0.3 is 6.18 Å². The van der Waals surface area contributed by atoms with Gasteiger partial charge in [-0.2, -0.15) is 18.3 Å². The van der Waals surface area contributed by atoms with Crippen molar-refractivity contribution in [3.63, 3.8) is 0 Å². The summed E-state index contributed by atoms with van der Waals surface area (Å²) in [4.78, 5) is 25.4. The van der Waals surface area contributed by atoms with Crippen molar-refractivity contribution in [1.29, 1.82) is 0 Å². The Balaban J connectivity index is 1.56. The first kappa shape index (κ1) is 22.3. The van der Waals surface area contributed by atoms with Gasteiger partial charge in [0.25, 0.3) is 5.56 Å². The van der Waals surface area contributed by atoms with Gasteiger partial charge in [0.15, 0.2) is 0 Å². The predicted molar refractivity (Wildman–Crippen MR) is 118 cm³/mol. The van der Waals surface area contributed by atoms with Gasteiger partial charge in [0, 0.05) is 12.7 Å². The third kappa shape index (κ3) is 4.52. The van der Waals surface area contributed by atoms with E-state index in [4.69, 9.17) is 0 Å². The topological polar surface area (TPSA) is 68.9 Å². The van der Waals surface area contributed by atoms with Crippen molar-refractivity contribution in [2.24, 2.45) is 0 Å². The molecule has 0 atom stereocenters. The molecule has 0 radical (unpaired) electrons. The molecule has 1 N–H and O–H groups in total. The Hall–Kier alpha value is -3.88. The predicted octanol–water partition coefficient (Wildman–Crippen LogP) is 4.14. The average Bonchev–Trinajstić information content (AvgIpc) is 3.11. The maximum atomic E-state index is 13.1. The van der Waals surface area contributed by atoms with Crippen LogP contribution in [-0.2, 0) is 24.1 Å². The Morgan fingerprint density at radius 3 is 2.42 bits per heavy atom. The van der Waals surface area contributed by atoms with Crippen LogP contribution < -0.4 is 10.9 Å². The normalized spacial score (nSPS) is 11.7. The maximum Gasteiger partial charge on any atom is 0.416 e. The van der Waals surface area contributed by atoms with Gasteiger partial charge in [0.05, 0.1) is 27.8 Å². The van der Waals surface area contributed by atoms with Crippen molar-refractivity contribution in [2.45, 2.75) is 33.1 Å². The molecule has 1 amide bonds. The lowest BCUT2D eigenvalue weighted by Gasteiger charge is -2.13. The molecule has 0 aliphatic carbocycles. The van der Waals surface area contributed by atoms with Crippen molar-refractivity contribution in [3.8, 4) is 5.69 Å². The first-order chi connectivity index (χ1) is 15.6. The van der Waals surface area contributed by atoms with Crippen LogP contribution in [0.4, 0.5) is 13.2 Å². The van der Waals surface area contributed by atoms with Crippen LogP contribution in [-0.4, -0.2) is 20.3 Å². The Labute approximate surface area is 187 Å². The number of rotatable bonds is 5. The molecule has 6 nitrogen and oxygen atoms in total. The van der Waals surface area contributed by atoms with Gasteiger partial charge in [-0.25, -0.2) is 4.68 Å². The lowest BCUT2D eigenvalue weighted by atomic mass is 10.1. The zero-order chi connectivity index (χ0) is 23.8. The molecule has 0 fully saturated rings. The van der Waals surface area contributed by atoms with E-state index in [0.29, 0.717) is 16.6 Å². The summed E-state index contributed by atoms with van der Waals surface area (Å²) in [7, 11) is 0. The van der Waals surface area contributed by atoms with Crippen LogP contribution in [0.1, 0.15) is 22.4 Å². The third-order valence-corrected chi connectivity index (χ3v) is 5.37. The SMILES string of the molecule is Cc1ccc(-n2nc(C)c3c(=O)n(CC(=O)NCc4ccccc4C(F)(F)F)ccc32)cc1. The van der Waals surface area contributed by atoms with E-state index in [1.54, 1.807) is 17.7 Å². The van der Waals surface area contributed by atoms with E-state index in [2.05, 4.69) is 10.4 Å². The summed E-state index contributed by atoms with van der Waals surface area (Å²) in [6.07, 6.45) is -3.03. The number of carbonyl (C=O) groups is 1. The quantitative estimate of drug-likeness (QED) is 0.493. The molecule has 0 aliphatic rings. The number of fused-ring (bicyclic) bond motifs is 1. The highest BCUT2D eigenvalue weighted by atomic mass is 19.4. The monoisotopic (exact) mass is 454 g/mol. The molecular formula is C24H21F3N4O2. The second-order valence-corrected chi connectivity index (χ2v) is 7.77. The second kappa shape index (κ2) is 8.57. The van der Waals surface area contributed by atoms with E-state index in [0.717, 1.165) is 17.3 Å². The van der Waals surface area contributed by atoms with Crippen molar-refractivity contribution in [1.82, 2.24) is 19.7 Å². The van der Waals surface area contributed by atoms with Crippen LogP contribution in [0, 0.1) is 13.8 Å². The van der Waals surface area contributed by atoms with Crippen LogP contribution in [0.15, 0.2) is 65.6 Å². The van der Waals surface area contributed by atoms with Crippen molar-refractivity contribution < 1.29 is 18.0 Å². The number of aromatic nitrogens is 3. The summed E-state index contributed by atoms with van der Waals surface area (Å²) in [6.45, 7) is 3.07. The smallest absolute Gasteiger partial charge is 0.350 e. The number of alkyl halides is 3. The molecule has 0 aliphatic heterocycles. The number of aryl methyl sites for hydroxylation is 2. The minimum absolute atomic E-state index is 0.0450. The molecular weight excluding hydrogens is 433 g/mol. The molecule has 170 valence electrons. The first-order valence-electron chi connectivity index (χ1n) is 10.2. The molecule has 33 heavy (non-hydrogen) atoms. The highest BCUT2D eigenvalue weighted by molar-refractivity contribution is 5.83. The molecule has 4 aromatic rings. The van der Waals surface area contributed by atoms with Crippen LogP contribution in [0.5, 0.6) is 0 Å². The largest absolute Gasteiger partial charge is 0.416 e. The van der Waals surface area contributed by atoms with Gasteiger partial charge in [-0.1, -0.05) is 35.9 Å². The van der Waals surface area contributed by atoms with E-state index in [1.807, 2.05) is 31.2 Å². The number of carbonyl (C=O) groups excluding carboxylic acids is 1. The van der Waals surface area contributed by atoms with E-state index in [9.17, 15) is 22.8 Å². The number of halogens is 3. The highest BCUT2D eigenvalue weighted by Crippen LogP contribution is 2.31. The zero-order valence-corrected chi connectivity index (χ0v) is 18.0. The fourth-order valence-electron chi connectivity index (χ4n) is 3.70. The second-order valence-electron chi connectivity index (χ2n) is 7.77. The number of nitrogens with zero attached hydrogens (tertiary/aromatic N) is 3. The van der Waals surface area contributed by atoms with Gasteiger partial charge in [-0.3, -0.25) is 9.59 Å². The number of nitrogens with one attached hydrogen (secondary N) is 1. The summed E-state index contributed by atoms with van der Waals surface area (Å²) in [6, 6.07) is 14.4. The van der Waals surface area contributed by atoms with Gasteiger partial charge in [-0.15, -0.1) is 0 Å². The maximum absolute atomic E-state index is 13.1. The van der Waals surface area contributed by atoms with Gasteiger partial charge in [-0.05, 0) is 43.7 Å². The van der Waals surface area contributed by atoms with Gasteiger partial charge < -0.3 is 9.88 Å². The Kier molecular flexibility index (Phi) is 5.80. The van der Waals surface area contributed by atoms with E-state index >= 15 is 0 Å². The number of pyridine rings is 1. The molecule has 0 spiro atoms. The van der Waals surface area contributed by atoms with Crippen LogP contribution in [0.2, 0.25) is 0 Å². The molecule has 2 aromatic heterocycles. The molecule has 0 bridgehead atoms. The molecule has 2 aromatic carbocycles. The van der Waals surface area contributed by atoms with Crippen molar-refractivity contribution >= 4 is 16.8 Å². The fraction of sp³-hybridized carbons (Fsp3) is 0.208. The van der Waals surface area contributed by atoms with Crippen LogP contribution in [0.3, 0.4) is 0 Å². The molecule has 2 heterocycles. The molecule has 0 saturated heterocycles. The lowest BCUT2D eigenvalue weighted by Crippen LogP contribution is -2.32. The minimum Gasteiger partial charge on any atom is -0.350 e. The fourth-order valence-corrected chi connectivity index (χ4v) is 3.70. The number of hydrogen-bond donors (Lipinski definition) is 1. The summed E-state index contributed by atoms with van der Waals surface area (Å²) in [5, 5.41) is 7.33. The van der Waals surface area contributed by atoms with Crippen LogP contribution in [0.25, 0.3) is 16.6 Å². The molecule has 0 saturated carbocycles. The van der Waals surface area contributed by atoms with Gasteiger partial charge in [0.1, 0.15) is 6.54 Å². The first-order valence-corrected chi connectivity index (χ1v) is 10.2.